The third kappa shape index (κ3) is 19.0. The minimum atomic E-state index is -0.561. The second kappa shape index (κ2) is 29.7. The Labute approximate surface area is 519 Å². The quantitative estimate of drug-likeness (QED) is 0.0821. The fraction of sp³-hybridized carbons (Fsp3) is 0.389. The first-order chi connectivity index (χ1) is 40.4. The standard InChI is InChI=1S/C70H80N4O12.2CH4/c1-67(2,3)51-35-47-31-43(63(51)79)39-71-55-23-19-20-24-56(55)72-40-44-32-48(36-52(64(44)80)68(4,5)6)85-61(77)29-17-14-18-30-62(78)86-50-34-46(66(82)54(38-50)70(10,11)12)42-74-58-26-22-21-25-57(58)73-41-45-33-49(37-53(65(45)81)69(7,8)9)84-60(76)28-16-13-15-27-59(75)83-47;;/h19-26,31-42,79-82H,13-18,27-30H2,1-12H3;2*1H4. The Kier molecular flexibility index (Phi) is 23.5. The van der Waals surface area contributed by atoms with Crippen molar-refractivity contribution in [1.29, 1.82) is 0 Å². The van der Waals surface area contributed by atoms with E-state index in [1.807, 2.05) is 83.1 Å². The summed E-state index contributed by atoms with van der Waals surface area (Å²) in [5.74, 6) is -1.28. The second-order valence-electron chi connectivity index (χ2n) is 25.7. The summed E-state index contributed by atoms with van der Waals surface area (Å²) in [4.78, 5) is 72.2. The molecule has 0 unspecified atom stereocenters. The maximum Gasteiger partial charge on any atom is 0.311 e. The Morgan fingerprint density at radius 1 is 0.318 bits per heavy atom. The van der Waals surface area contributed by atoms with Crippen molar-refractivity contribution in [2.24, 2.45) is 20.0 Å². The normalized spacial score (nSPS) is 14.9. The number of para-hydroxylation sites is 4. The predicted molar refractivity (Wildman–Crippen MR) is 351 cm³/mol. The van der Waals surface area contributed by atoms with Crippen molar-refractivity contribution in [3.05, 3.63) is 142 Å². The molecule has 4 N–H and O–H groups in total. The van der Waals surface area contributed by atoms with Crippen LogP contribution in [-0.2, 0) is 40.8 Å². The van der Waals surface area contributed by atoms with E-state index in [9.17, 15) is 39.6 Å². The van der Waals surface area contributed by atoms with Gasteiger partial charge in [0.05, 0.1) is 22.7 Å². The molecule has 16 nitrogen and oxygen atoms in total. The molecule has 1 heterocycles. The average molecular weight is 1200 g/mol. The van der Waals surface area contributed by atoms with Gasteiger partial charge in [-0.15, -0.1) is 0 Å². The van der Waals surface area contributed by atoms with E-state index < -0.39 is 45.5 Å². The van der Waals surface area contributed by atoms with Crippen molar-refractivity contribution in [2.75, 3.05) is 0 Å². The molecule has 0 saturated carbocycles. The number of benzene rings is 6. The predicted octanol–water partition coefficient (Wildman–Crippen LogP) is 17.2. The summed E-state index contributed by atoms with van der Waals surface area (Å²) in [5.41, 5.74) is 2.73. The molecule has 6 aromatic rings. The van der Waals surface area contributed by atoms with E-state index in [-0.39, 0.29) is 86.5 Å². The molecular formula is C72H88N4O12. The third-order valence-corrected chi connectivity index (χ3v) is 14.3. The third-order valence-electron chi connectivity index (χ3n) is 14.3. The van der Waals surface area contributed by atoms with Crippen molar-refractivity contribution < 1.29 is 58.6 Å². The number of nitrogens with zero attached hydrogens (tertiary/aromatic N) is 4. The Morgan fingerprint density at radius 3 is 0.693 bits per heavy atom. The maximum atomic E-state index is 13.3. The monoisotopic (exact) mass is 1200 g/mol. The molecule has 88 heavy (non-hydrogen) atoms. The van der Waals surface area contributed by atoms with Crippen molar-refractivity contribution >= 4 is 71.5 Å². The van der Waals surface area contributed by atoms with Crippen LogP contribution < -0.4 is 18.9 Å². The summed E-state index contributed by atoms with van der Waals surface area (Å²) in [6.45, 7) is 23.1. The molecule has 0 amide bonds. The molecule has 0 radical (unpaired) electrons. The minimum absolute atomic E-state index is 0. The van der Waals surface area contributed by atoms with E-state index in [1.165, 1.54) is 49.1 Å². The number of ether oxygens (including phenoxy) is 4. The first-order valence-electron chi connectivity index (χ1n) is 29.1. The fourth-order valence-electron chi connectivity index (χ4n) is 9.52. The van der Waals surface area contributed by atoms with E-state index in [0.717, 1.165) is 0 Å². The van der Waals surface area contributed by atoms with Crippen LogP contribution in [-0.4, -0.2) is 69.2 Å². The number of esters is 4. The molecule has 468 valence electrons. The van der Waals surface area contributed by atoms with Gasteiger partial charge in [-0.1, -0.05) is 135 Å². The van der Waals surface area contributed by atoms with Crippen LogP contribution >= 0.6 is 0 Å². The highest BCUT2D eigenvalue weighted by atomic mass is 16.5. The topological polar surface area (TPSA) is 236 Å². The Balaban J connectivity index is 0.00000705. The van der Waals surface area contributed by atoms with Gasteiger partial charge in [0.25, 0.3) is 0 Å². The summed E-state index contributed by atoms with van der Waals surface area (Å²) in [7, 11) is 0. The number of carbonyl (C=O) groups excluding carboxylic acids is 4. The number of hydrogen-bond acceptors (Lipinski definition) is 16. The van der Waals surface area contributed by atoms with Gasteiger partial charge in [0.2, 0.25) is 0 Å². The lowest BCUT2D eigenvalue weighted by Crippen LogP contribution is -2.14. The first kappa shape index (κ1) is 69.8. The zero-order chi connectivity index (χ0) is 62.7. The lowest BCUT2D eigenvalue weighted by atomic mass is 9.85. The summed E-state index contributed by atoms with van der Waals surface area (Å²) in [6, 6.07) is 26.8. The van der Waals surface area contributed by atoms with E-state index in [1.54, 1.807) is 72.8 Å². The number of aromatic hydroxyl groups is 4. The van der Waals surface area contributed by atoms with E-state index in [4.69, 9.17) is 38.9 Å². The molecule has 0 aliphatic carbocycles. The molecular weight excluding hydrogens is 1110 g/mol. The van der Waals surface area contributed by atoms with Crippen LogP contribution in [0.2, 0.25) is 0 Å². The van der Waals surface area contributed by atoms with Crippen molar-refractivity contribution in [3.63, 3.8) is 0 Å². The smallest absolute Gasteiger partial charge is 0.311 e. The minimum Gasteiger partial charge on any atom is -0.507 e. The lowest BCUT2D eigenvalue weighted by Gasteiger charge is -2.22. The van der Waals surface area contributed by atoms with Gasteiger partial charge in [-0.05, 0) is 120 Å². The molecule has 0 fully saturated rings. The average Bonchev–Trinajstić information content (AvgIpc) is 2.51. The zero-order valence-corrected chi connectivity index (χ0v) is 51.5. The van der Waals surface area contributed by atoms with Crippen molar-refractivity contribution in [1.82, 2.24) is 0 Å². The molecule has 1 aliphatic heterocycles. The van der Waals surface area contributed by atoms with Gasteiger partial charge in [-0.3, -0.25) is 39.1 Å². The molecule has 0 saturated heterocycles. The largest absolute Gasteiger partial charge is 0.507 e. The number of phenolic OH excluding ortho intramolecular Hbond substituents is 4. The van der Waals surface area contributed by atoms with E-state index in [0.29, 0.717) is 106 Å². The molecule has 1 aliphatic rings. The SMILES string of the molecule is C.C.CC(C)(C)c1cc2cc(c1O)C=Nc1ccccc1N=Cc1cc(cc(C(C)(C)C)c1O)OC(=O)CCCCCC(=O)Oc1cc(c(O)c(C(C)(C)C)c1)C=Nc1ccccc1N=Cc1cc(cc(C(C)(C)C)c1O)OC(=O)CCCCCC(=O)O2. The molecule has 7 rings (SSSR count). The van der Waals surface area contributed by atoms with Crippen LogP contribution in [0.25, 0.3) is 0 Å². The number of hydrogen-bond donors (Lipinski definition) is 4. The van der Waals surface area contributed by atoms with Crippen LogP contribution in [0.4, 0.5) is 22.7 Å². The van der Waals surface area contributed by atoms with Crippen molar-refractivity contribution in [2.45, 2.75) is 184 Å². The first-order valence-corrected chi connectivity index (χ1v) is 29.1. The summed E-state index contributed by atoms with van der Waals surface area (Å²) in [6.07, 6.45) is 8.84. The van der Waals surface area contributed by atoms with Gasteiger partial charge < -0.3 is 39.4 Å². The van der Waals surface area contributed by atoms with Gasteiger partial charge in [-0.25, -0.2) is 0 Å². The fourth-order valence-corrected chi connectivity index (χ4v) is 9.52. The number of phenols is 4. The summed E-state index contributed by atoms with van der Waals surface area (Å²) >= 11 is 0. The summed E-state index contributed by atoms with van der Waals surface area (Å²) in [5, 5.41) is 46.2. The Morgan fingerprint density at radius 2 is 0.511 bits per heavy atom. The number of aliphatic imine (C=N–C) groups is 4. The number of rotatable bonds is 0. The number of fused-ring (bicyclic) bond motifs is 10. The highest BCUT2D eigenvalue weighted by Crippen LogP contribution is 2.42. The Bertz CT molecular complexity index is 3150. The molecule has 6 aromatic carbocycles. The van der Waals surface area contributed by atoms with Gasteiger partial charge in [0.1, 0.15) is 46.0 Å². The van der Waals surface area contributed by atoms with Crippen LogP contribution in [0.1, 0.15) is 207 Å². The molecule has 8 bridgehead atoms. The van der Waals surface area contributed by atoms with Crippen LogP contribution in [0, 0.1) is 0 Å². The van der Waals surface area contributed by atoms with Gasteiger partial charge in [0, 0.05) is 95.0 Å². The highest BCUT2D eigenvalue weighted by molar-refractivity contribution is 5.93. The van der Waals surface area contributed by atoms with Crippen LogP contribution in [0.15, 0.2) is 117 Å². The maximum absolute atomic E-state index is 13.3. The van der Waals surface area contributed by atoms with Gasteiger partial charge in [0.15, 0.2) is 0 Å². The molecule has 0 atom stereocenters. The van der Waals surface area contributed by atoms with E-state index >= 15 is 0 Å². The van der Waals surface area contributed by atoms with Gasteiger partial charge >= 0.3 is 23.9 Å². The van der Waals surface area contributed by atoms with Crippen LogP contribution in [0.5, 0.6) is 46.0 Å². The molecule has 0 aromatic heterocycles. The lowest BCUT2D eigenvalue weighted by molar-refractivity contribution is -0.136. The summed E-state index contributed by atoms with van der Waals surface area (Å²) < 4.78 is 23.4. The second-order valence-corrected chi connectivity index (χ2v) is 25.7. The van der Waals surface area contributed by atoms with Gasteiger partial charge in [-0.2, -0.15) is 0 Å². The van der Waals surface area contributed by atoms with E-state index in [2.05, 4.69) is 0 Å². The zero-order valence-electron chi connectivity index (χ0n) is 51.5. The molecule has 16 heteroatoms. The highest BCUT2D eigenvalue weighted by Gasteiger charge is 2.27. The number of carbonyl (C=O) groups is 4. The van der Waals surface area contributed by atoms with Crippen LogP contribution in [0.3, 0.4) is 0 Å². The molecule has 0 spiro atoms. The van der Waals surface area contributed by atoms with Crippen molar-refractivity contribution in [3.8, 4) is 46.0 Å². The Hall–Kier alpha value is -8.92.